The van der Waals surface area contributed by atoms with Gasteiger partial charge >= 0.3 is 0 Å². The van der Waals surface area contributed by atoms with Gasteiger partial charge < -0.3 is 10.2 Å². The van der Waals surface area contributed by atoms with Gasteiger partial charge in [0.1, 0.15) is 0 Å². The summed E-state index contributed by atoms with van der Waals surface area (Å²) in [4.78, 5) is 5.32. The van der Waals surface area contributed by atoms with Gasteiger partial charge in [-0.3, -0.25) is 4.90 Å². The Morgan fingerprint density at radius 3 is 2.16 bits per heavy atom. The summed E-state index contributed by atoms with van der Waals surface area (Å²) in [5.41, 5.74) is 0.495. The van der Waals surface area contributed by atoms with E-state index in [0.29, 0.717) is 5.41 Å². The summed E-state index contributed by atoms with van der Waals surface area (Å²) in [6.07, 6.45) is 4.21. The molecule has 2 saturated heterocycles. The Bertz CT molecular complexity index is 253. The SMILES string of the molecule is CC(C)(C)C1CCCN(CCN2CCNCC2)CC1. The molecule has 0 amide bonds. The molecule has 2 fully saturated rings. The van der Waals surface area contributed by atoms with E-state index in [9.17, 15) is 0 Å². The molecule has 19 heavy (non-hydrogen) atoms. The minimum Gasteiger partial charge on any atom is -0.314 e. The van der Waals surface area contributed by atoms with Gasteiger partial charge in [0.05, 0.1) is 0 Å². The molecule has 1 N–H and O–H groups in total. The summed E-state index contributed by atoms with van der Waals surface area (Å²) >= 11 is 0. The maximum atomic E-state index is 3.43. The van der Waals surface area contributed by atoms with Crippen LogP contribution in [0.15, 0.2) is 0 Å². The maximum absolute atomic E-state index is 3.43. The molecular weight excluding hydrogens is 234 g/mol. The van der Waals surface area contributed by atoms with Crippen LogP contribution in [-0.4, -0.2) is 62.2 Å². The molecule has 3 heteroatoms. The van der Waals surface area contributed by atoms with E-state index in [-0.39, 0.29) is 0 Å². The topological polar surface area (TPSA) is 18.5 Å². The van der Waals surface area contributed by atoms with Crippen LogP contribution in [0.1, 0.15) is 40.0 Å². The highest BCUT2D eigenvalue weighted by Crippen LogP contribution is 2.34. The zero-order valence-electron chi connectivity index (χ0n) is 13.2. The molecule has 0 aliphatic carbocycles. The minimum absolute atomic E-state index is 0.495. The van der Waals surface area contributed by atoms with Crippen molar-refractivity contribution in [1.29, 1.82) is 0 Å². The largest absolute Gasteiger partial charge is 0.314 e. The third-order valence-electron chi connectivity index (χ3n) is 4.99. The van der Waals surface area contributed by atoms with Gasteiger partial charge in [0, 0.05) is 39.3 Å². The zero-order valence-corrected chi connectivity index (χ0v) is 13.2. The second-order valence-electron chi connectivity index (χ2n) is 7.43. The normalized spacial score (nSPS) is 28.3. The van der Waals surface area contributed by atoms with Gasteiger partial charge in [0.2, 0.25) is 0 Å². The molecule has 2 rings (SSSR count). The van der Waals surface area contributed by atoms with Gasteiger partial charge in [-0.2, -0.15) is 0 Å². The lowest BCUT2D eigenvalue weighted by atomic mass is 9.77. The first kappa shape index (κ1) is 15.3. The number of nitrogens with one attached hydrogen (secondary N) is 1. The number of likely N-dealkylation sites (tertiary alicyclic amines) is 1. The summed E-state index contributed by atoms with van der Waals surface area (Å²) < 4.78 is 0. The second kappa shape index (κ2) is 7.05. The van der Waals surface area contributed by atoms with E-state index in [1.54, 1.807) is 0 Å². The van der Waals surface area contributed by atoms with Crippen LogP contribution in [-0.2, 0) is 0 Å². The number of nitrogens with zero attached hydrogens (tertiary/aromatic N) is 2. The summed E-state index contributed by atoms with van der Waals surface area (Å²) in [6, 6.07) is 0. The molecule has 0 saturated carbocycles. The van der Waals surface area contributed by atoms with E-state index >= 15 is 0 Å². The Labute approximate surface area is 119 Å². The van der Waals surface area contributed by atoms with Gasteiger partial charge in [0.15, 0.2) is 0 Å². The number of piperazine rings is 1. The fraction of sp³-hybridized carbons (Fsp3) is 1.00. The van der Waals surface area contributed by atoms with Crippen molar-refractivity contribution >= 4 is 0 Å². The molecule has 2 aliphatic heterocycles. The first-order valence-corrected chi connectivity index (χ1v) is 8.21. The molecule has 3 nitrogen and oxygen atoms in total. The van der Waals surface area contributed by atoms with Crippen LogP contribution < -0.4 is 5.32 Å². The van der Waals surface area contributed by atoms with Gasteiger partial charge in [0.25, 0.3) is 0 Å². The van der Waals surface area contributed by atoms with E-state index in [4.69, 9.17) is 0 Å². The molecular formula is C16H33N3. The van der Waals surface area contributed by atoms with E-state index in [0.717, 1.165) is 5.92 Å². The van der Waals surface area contributed by atoms with Crippen LogP contribution in [0.3, 0.4) is 0 Å². The quantitative estimate of drug-likeness (QED) is 0.844. The first-order chi connectivity index (χ1) is 9.05. The average molecular weight is 267 g/mol. The minimum atomic E-state index is 0.495. The Hall–Kier alpha value is -0.120. The molecule has 2 heterocycles. The van der Waals surface area contributed by atoms with E-state index in [2.05, 4.69) is 35.9 Å². The molecule has 0 bridgehead atoms. The monoisotopic (exact) mass is 267 g/mol. The Balaban J connectivity index is 1.70. The van der Waals surface area contributed by atoms with Gasteiger partial charge in [-0.1, -0.05) is 20.8 Å². The van der Waals surface area contributed by atoms with E-state index in [1.807, 2.05) is 0 Å². The highest BCUT2D eigenvalue weighted by atomic mass is 15.2. The lowest BCUT2D eigenvalue weighted by molar-refractivity contribution is 0.181. The summed E-state index contributed by atoms with van der Waals surface area (Å²) in [7, 11) is 0. The Kier molecular flexibility index (Phi) is 5.67. The fourth-order valence-corrected chi connectivity index (χ4v) is 3.46. The average Bonchev–Trinajstić information content (AvgIpc) is 2.62. The standard InChI is InChI=1S/C16H33N3/c1-16(2,3)15-5-4-9-18(10-6-15)13-14-19-11-7-17-8-12-19/h15,17H,4-14H2,1-3H3. The van der Waals surface area contributed by atoms with Gasteiger partial charge in [-0.15, -0.1) is 0 Å². The van der Waals surface area contributed by atoms with Crippen molar-refractivity contribution in [3.63, 3.8) is 0 Å². The van der Waals surface area contributed by atoms with Crippen molar-refractivity contribution < 1.29 is 0 Å². The lowest BCUT2D eigenvalue weighted by Gasteiger charge is -2.31. The number of rotatable bonds is 3. The molecule has 2 aliphatic rings. The predicted octanol–water partition coefficient (Wildman–Crippen LogP) is 2.04. The van der Waals surface area contributed by atoms with Crippen LogP contribution >= 0.6 is 0 Å². The third-order valence-corrected chi connectivity index (χ3v) is 4.99. The van der Waals surface area contributed by atoms with Crippen molar-refractivity contribution in [3.8, 4) is 0 Å². The predicted molar refractivity (Wildman–Crippen MR) is 82.5 cm³/mol. The van der Waals surface area contributed by atoms with Crippen molar-refractivity contribution in [1.82, 2.24) is 15.1 Å². The van der Waals surface area contributed by atoms with Crippen LogP contribution in [0.2, 0.25) is 0 Å². The molecule has 0 spiro atoms. The molecule has 1 unspecified atom stereocenters. The molecule has 1 atom stereocenters. The van der Waals surface area contributed by atoms with E-state index < -0.39 is 0 Å². The number of hydrogen-bond acceptors (Lipinski definition) is 3. The first-order valence-electron chi connectivity index (χ1n) is 8.21. The summed E-state index contributed by atoms with van der Waals surface area (Å²) in [6.45, 7) is 17.2. The summed E-state index contributed by atoms with van der Waals surface area (Å²) in [5, 5.41) is 3.43. The van der Waals surface area contributed by atoms with Crippen molar-refractivity contribution in [2.24, 2.45) is 11.3 Å². The lowest BCUT2D eigenvalue weighted by Crippen LogP contribution is -2.46. The highest BCUT2D eigenvalue weighted by Gasteiger charge is 2.27. The summed E-state index contributed by atoms with van der Waals surface area (Å²) in [5.74, 6) is 0.914. The van der Waals surface area contributed by atoms with Gasteiger partial charge in [-0.05, 0) is 43.7 Å². The number of hydrogen-bond donors (Lipinski definition) is 1. The third kappa shape index (κ3) is 5.05. The van der Waals surface area contributed by atoms with Crippen molar-refractivity contribution in [3.05, 3.63) is 0 Å². The smallest absolute Gasteiger partial charge is 0.0110 e. The Morgan fingerprint density at radius 2 is 1.53 bits per heavy atom. The molecule has 0 aromatic heterocycles. The fourth-order valence-electron chi connectivity index (χ4n) is 3.46. The zero-order chi connectivity index (χ0) is 13.7. The molecule has 0 radical (unpaired) electrons. The van der Waals surface area contributed by atoms with Crippen molar-refractivity contribution in [2.75, 3.05) is 52.4 Å². The van der Waals surface area contributed by atoms with E-state index in [1.165, 1.54) is 71.6 Å². The van der Waals surface area contributed by atoms with Gasteiger partial charge in [-0.25, -0.2) is 0 Å². The van der Waals surface area contributed by atoms with Crippen LogP contribution in [0.25, 0.3) is 0 Å². The molecule has 0 aromatic carbocycles. The van der Waals surface area contributed by atoms with Crippen LogP contribution in [0, 0.1) is 11.3 Å². The van der Waals surface area contributed by atoms with Crippen molar-refractivity contribution in [2.45, 2.75) is 40.0 Å². The van der Waals surface area contributed by atoms with Crippen LogP contribution in [0.4, 0.5) is 0 Å². The Morgan fingerprint density at radius 1 is 0.895 bits per heavy atom. The molecule has 112 valence electrons. The highest BCUT2D eigenvalue weighted by molar-refractivity contribution is 4.79. The molecule has 0 aromatic rings. The maximum Gasteiger partial charge on any atom is 0.0110 e. The second-order valence-corrected chi connectivity index (χ2v) is 7.43. The van der Waals surface area contributed by atoms with Crippen LogP contribution in [0.5, 0.6) is 0 Å².